The minimum absolute atomic E-state index is 0.0494. The molecule has 0 saturated heterocycles. The van der Waals surface area contributed by atoms with Crippen LogP contribution < -0.4 is 25.9 Å². The molecule has 0 saturated carbocycles. The first kappa shape index (κ1) is 11.5. The fraction of sp³-hybridized carbons (Fsp3) is 0.143. The van der Waals surface area contributed by atoms with E-state index in [2.05, 4.69) is 54.6 Å². The van der Waals surface area contributed by atoms with Gasteiger partial charge in [-0.05, 0) is 0 Å². The summed E-state index contributed by atoms with van der Waals surface area (Å²) in [7, 11) is 0. The van der Waals surface area contributed by atoms with Crippen molar-refractivity contribution < 1.29 is 25.9 Å². The summed E-state index contributed by atoms with van der Waals surface area (Å²) < 4.78 is 8.30. The summed E-state index contributed by atoms with van der Waals surface area (Å²) in [5.41, 5.74) is 0. The Morgan fingerprint density at radius 3 is 2.12 bits per heavy atom. The van der Waals surface area contributed by atoms with Gasteiger partial charge in [-0.15, -0.1) is 0 Å². The SMILES string of the molecule is CCOc1ccc([I-]c2ccccc2)cc1. The van der Waals surface area contributed by atoms with E-state index in [0.717, 1.165) is 12.4 Å². The topological polar surface area (TPSA) is 9.23 Å². The predicted octanol–water partition coefficient (Wildman–Crippen LogP) is 0.214. The number of ether oxygens (including phenoxy) is 1. The van der Waals surface area contributed by atoms with Gasteiger partial charge in [0.15, 0.2) is 0 Å². The molecule has 0 atom stereocenters. The number of hydrogen-bond acceptors (Lipinski definition) is 1. The molecule has 1 nitrogen and oxygen atoms in total. The average molecular weight is 325 g/mol. The summed E-state index contributed by atoms with van der Waals surface area (Å²) in [4.78, 5) is 0. The van der Waals surface area contributed by atoms with Crippen LogP contribution in [-0.4, -0.2) is 6.61 Å². The molecule has 0 aliphatic carbocycles. The normalized spacial score (nSPS) is 10.3. The van der Waals surface area contributed by atoms with Gasteiger partial charge in [0.1, 0.15) is 0 Å². The number of halogens is 1. The zero-order chi connectivity index (χ0) is 11.2. The van der Waals surface area contributed by atoms with E-state index in [1.165, 1.54) is 7.14 Å². The summed E-state index contributed by atoms with van der Waals surface area (Å²) in [5, 5.41) is 0. The molecule has 0 N–H and O–H groups in total. The summed E-state index contributed by atoms with van der Waals surface area (Å²) in [6.45, 7) is 2.73. The van der Waals surface area contributed by atoms with Crippen LogP contribution in [0.2, 0.25) is 0 Å². The van der Waals surface area contributed by atoms with Gasteiger partial charge in [0, 0.05) is 0 Å². The first-order valence-corrected chi connectivity index (χ1v) is 7.47. The quantitative estimate of drug-likeness (QED) is 0.731. The molecule has 16 heavy (non-hydrogen) atoms. The summed E-state index contributed by atoms with van der Waals surface area (Å²) in [6.07, 6.45) is 0. The Morgan fingerprint density at radius 2 is 1.50 bits per heavy atom. The standard InChI is InChI=1S/C14H14IO/c1-2-16-14-10-8-13(9-11-14)15-12-6-4-3-5-7-12/h3-11H,2H2,1H3/q-1. The number of rotatable bonds is 4. The van der Waals surface area contributed by atoms with E-state index in [4.69, 9.17) is 4.74 Å². The minimum atomic E-state index is -0.0494. The van der Waals surface area contributed by atoms with Crippen molar-refractivity contribution >= 4 is 0 Å². The van der Waals surface area contributed by atoms with Gasteiger partial charge in [-0.25, -0.2) is 0 Å². The zero-order valence-corrected chi connectivity index (χ0v) is 11.3. The fourth-order valence-corrected chi connectivity index (χ4v) is 3.58. The summed E-state index contributed by atoms with van der Waals surface area (Å²) >= 11 is -0.0494. The van der Waals surface area contributed by atoms with E-state index in [-0.39, 0.29) is 21.2 Å². The van der Waals surface area contributed by atoms with Crippen LogP contribution in [0.1, 0.15) is 6.92 Å². The van der Waals surface area contributed by atoms with Crippen molar-refractivity contribution in [2.45, 2.75) is 6.92 Å². The third-order valence-electron chi connectivity index (χ3n) is 2.08. The van der Waals surface area contributed by atoms with Gasteiger partial charge in [0.25, 0.3) is 0 Å². The van der Waals surface area contributed by atoms with Crippen molar-refractivity contribution in [2.24, 2.45) is 0 Å². The van der Waals surface area contributed by atoms with Gasteiger partial charge in [-0.2, -0.15) is 0 Å². The monoisotopic (exact) mass is 325 g/mol. The average Bonchev–Trinajstić information content (AvgIpc) is 2.33. The molecule has 84 valence electrons. The second kappa shape index (κ2) is 5.89. The molecule has 0 radical (unpaired) electrons. The van der Waals surface area contributed by atoms with Crippen molar-refractivity contribution in [3.8, 4) is 5.75 Å². The summed E-state index contributed by atoms with van der Waals surface area (Å²) in [5.74, 6) is 0.961. The van der Waals surface area contributed by atoms with Crippen LogP contribution in [-0.2, 0) is 0 Å². The molecule has 0 heterocycles. The van der Waals surface area contributed by atoms with Gasteiger partial charge in [-0.3, -0.25) is 0 Å². The van der Waals surface area contributed by atoms with Crippen LogP contribution in [0.3, 0.4) is 0 Å². The van der Waals surface area contributed by atoms with Crippen LogP contribution in [0.15, 0.2) is 54.6 Å². The van der Waals surface area contributed by atoms with Gasteiger partial charge >= 0.3 is 107 Å². The van der Waals surface area contributed by atoms with Gasteiger partial charge in [0.2, 0.25) is 0 Å². The summed E-state index contributed by atoms with van der Waals surface area (Å²) in [6, 6.07) is 19.1. The van der Waals surface area contributed by atoms with Crippen LogP contribution in [0.5, 0.6) is 5.75 Å². The molecule has 0 aliphatic rings. The van der Waals surface area contributed by atoms with E-state index < -0.39 is 0 Å². The van der Waals surface area contributed by atoms with E-state index in [1.54, 1.807) is 0 Å². The number of hydrogen-bond donors (Lipinski definition) is 0. The maximum absolute atomic E-state index is 5.42. The van der Waals surface area contributed by atoms with Crippen molar-refractivity contribution in [3.63, 3.8) is 0 Å². The Hall–Kier alpha value is -1.03. The molecule has 2 aromatic carbocycles. The molecule has 0 aliphatic heterocycles. The molecule has 2 heteroatoms. The molecule has 0 bridgehead atoms. The van der Waals surface area contributed by atoms with Crippen molar-refractivity contribution in [3.05, 3.63) is 61.7 Å². The first-order valence-electron chi connectivity index (χ1n) is 5.31. The zero-order valence-electron chi connectivity index (χ0n) is 9.19. The van der Waals surface area contributed by atoms with Crippen LogP contribution in [0, 0.1) is 7.14 Å². The Morgan fingerprint density at radius 1 is 0.875 bits per heavy atom. The van der Waals surface area contributed by atoms with Gasteiger partial charge < -0.3 is 0 Å². The third kappa shape index (κ3) is 3.23. The van der Waals surface area contributed by atoms with Gasteiger partial charge in [0.05, 0.1) is 0 Å². The second-order valence-electron chi connectivity index (χ2n) is 3.28. The van der Waals surface area contributed by atoms with E-state index in [9.17, 15) is 0 Å². The molecule has 0 amide bonds. The van der Waals surface area contributed by atoms with Crippen molar-refractivity contribution in [1.82, 2.24) is 0 Å². The van der Waals surface area contributed by atoms with E-state index in [1.807, 2.05) is 6.92 Å². The molecule has 0 unspecified atom stereocenters. The van der Waals surface area contributed by atoms with Gasteiger partial charge in [-0.1, -0.05) is 0 Å². The van der Waals surface area contributed by atoms with Crippen molar-refractivity contribution in [2.75, 3.05) is 6.61 Å². The number of benzene rings is 2. The molecule has 2 rings (SSSR count). The Balaban J connectivity index is 2.05. The molecular formula is C14H14IO-. The second-order valence-corrected chi connectivity index (χ2v) is 6.31. The fourth-order valence-electron chi connectivity index (χ4n) is 1.36. The molecule has 0 fully saturated rings. The van der Waals surface area contributed by atoms with Crippen molar-refractivity contribution in [1.29, 1.82) is 0 Å². The molecular weight excluding hydrogens is 311 g/mol. The Labute approximate surface area is 107 Å². The van der Waals surface area contributed by atoms with E-state index in [0.29, 0.717) is 0 Å². The van der Waals surface area contributed by atoms with Crippen LogP contribution >= 0.6 is 0 Å². The van der Waals surface area contributed by atoms with Crippen LogP contribution in [0.4, 0.5) is 0 Å². The molecule has 2 aromatic rings. The predicted molar refractivity (Wildman–Crippen MR) is 61.4 cm³/mol. The molecule has 0 aromatic heterocycles. The first-order chi connectivity index (χ1) is 7.88. The van der Waals surface area contributed by atoms with Crippen LogP contribution in [0.25, 0.3) is 0 Å². The Kier molecular flexibility index (Phi) is 4.22. The maximum atomic E-state index is 5.42. The molecule has 0 spiro atoms. The van der Waals surface area contributed by atoms with E-state index >= 15 is 0 Å². The Bertz CT molecular complexity index is 422. The third-order valence-corrected chi connectivity index (χ3v) is 4.76.